The van der Waals surface area contributed by atoms with E-state index in [4.69, 9.17) is 9.47 Å². The molecule has 0 saturated heterocycles. The highest BCUT2D eigenvalue weighted by Gasteiger charge is 2.14. The molecule has 2 nitrogen and oxygen atoms in total. The van der Waals surface area contributed by atoms with Gasteiger partial charge in [0.2, 0.25) is 0 Å². The van der Waals surface area contributed by atoms with Gasteiger partial charge in [-0.05, 0) is 18.2 Å². The Morgan fingerprint density at radius 2 is 1.92 bits per heavy atom. The second kappa shape index (κ2) is 3.58. The van der Waals surface area contributed by atoms with Crippen LogP contribution in [-0.2, 0) is 0 Å². The van der Waals surface area contributed by atoms with Gasteiger partial charge in [0.05, 0.1) is 13.2 Å². The zero-order chi connectivity index (χ0) is 9.26. The minimum Gasteiger partial charge on any atom is -0.489 e. The van der Waals surface area contributed by atoms with E-state index in [1.807, 2.05) is 18.2 Å². The summed E-state index contributed by atoms with van der Waals surface area (Å²) in [5.41, 5.74) is 0. The summed E-state index contributed by atoms with van der Waals surface area (Å²) in [6.07, 6.45) is 0. The Bertz CT molecular complexity index is 312. The maximum atomic E-state index is 5.59. The van der Waals surface area contributed by atoms with Crippen molar-refractivity contribution in [2.24, 2.45) is 5.92 Å². The van der Waals surface area contributed by atoms with Gasteiger partial charge < -0.3 is 9.47 Å². The van der Waals surface area contributed by atoms with E-state index >= 15 is 0 Å². The second-order valence-electron chi connectivity index (χ2n) is 3.32. The lowest BCUT2D eigenvalue weighted by Gasteiger charge is -2.05. The molecule has 0 aromatic heterocycles. The van der Waals surface area contributed by atoms with Crippen LogP contribution in [0.15, 0.2) is 22.7 Å². The summed E-state index contributed by atoms with van der Waals surface area (Å²) in [5.74, 6) is 2.12. The molecule has 1 heterocycles. The van der Waals surface area contributed by atoms with Crippen LogP contribution < -0.4 is 9.47 Å². The molecular formula is C10H11BrO2. The van der Waals surface area contributed by atoms with Crippen molar-refractivity contribution >= 4 is 15.9 Å². The molecule has 1 aromatic rings. The van der Waals surface area contributed by atoms with Crippen molar-refractivity contribution in [1.82, 2.24) is 0 Å². The van der Waals surface area contributed by atoms with Crippen LogP contribution in [0.4, 0.5) is 0 Å². The Morgan fingerprint density at radius 1 is 1.23 bits per heavy atom. The van der Waals surface area contributed by atoms with Crippen molar-refractivity contribution < 1.29 is 9.47 Å². The van der Waals surface area contributed by atoms with E-state index in [9.17, 15) is 0 Å². The zero-order valence-corrected chi connectivity index (χ0v) is 9.00. The first-order valence-corrected chi connectivity index (χ1v) is 5.10. The van der Waals surface area contributed by atoms with Gasteiger partial charge in [0.15, 0.2) is 11.5 Å². The molecule has 0 spiro atoms. The maximum absolute atomic E-state index is 5.59. The first-order chi connectivity index (χ1) is 6.25. The van der Waals surface area contributed by atoms with Crippen molar-refractivity contribution in [3.8, 4) is 11.5 Å². The first kappa shape index (κ1) is 8.88. The molecule has 0 bridgehead atoms. The maximum Gasteiger partial charge on any atom is 0.162 e. The predicted molar refractivity (Wildman–Crippen MR) is 54.3 cm³/mol. The van der Waals surface area contributed by atoms with Crippen molar-refractivity contribution in [2.75, 3.05) is 13.2 Å². The van der Waals surface area contributed by atoms with Gasteiger partial charge in [0.25, 0.3) is 0 Å². The third-order valence-electron chi connectivity index (χ3n) is 1.95. The molecule has 13 heavy (non-hydrogen) atoms. The minimum atomic E-state index is 0.450. The summed E-state index contributed by atoms with van der Waals surface area (Å²) in [7, 11) is 0. The molecule has 2 rings (SSSR count). The fraction of sp³-hybridized carbons (Fsp3) is 0.400. The molecule has 1 unspecified atom stereocenters. The third-order valence-corrected chi connectivity index (χ3v) is 2.45. The van der Waals surface area contributed by atoms with E-state index < -0.39 is 0 Å². The van der Waals surface area contributed by atoms with Gasteiger partial charge in [-0.1, -0.05) is 22.9 Å². The molecule has 0 fully saturated rings. The SMILES string of the molecule is CC1COc2ccc(Br)cc2OC1. The van der Waals surface area contributed by atoms with Crippen molar-refractivity contribution in [2.45, 2.75) is 6.92 Å². The van der Waals surface area contributed by atoms with Crippen LogP contribution in [-0.4, -0.2) is 13.2 Å². The zero-order valence-electron chi connectivity index (χ0n) is 7.42. The fourth-order valence-electron chi connectivity index (χ4n) is 1.23. The van der Waals surface area contributed by atoms with Crippen molar-refractivity contribution in [3.63, 3.8) is 0 Å². The van der Waals surface area contributed by atoms with Gasteiger partial charge in [0.1, 0.15) is 0 Å². The number of hydrogen-bond donors (Lipinski definition) is 0. The summed E-state index contributed by atoms with van der Waals surface area (Å²) in [5, 5.41) is 0. The highest BCUT2D eigenvalue weighted by atomic mass is 79.9. The quantitative estimate of drug-likeness (QED) is 0.697. The summed E-state index contributed by atoms with van der Waals surface area (Å²) in [4.78, 5) is 0. The molecule has 1 atom stereocenters. The molecule has 0 radical (unpaired) electrons. The standard InChI is InChI=1S/C10H11BrO2/c1-7-5-12-9-3-2-8(11)4-10(9)13-6-7/h2-4,7H,5-6H2,1H3. The van der Waals surface area contributed by atoms with E-state index in [1.165, 1.54) is 0 Å². The molecule has 3 heteroatoms. The smallest absolute Gasteiger partial charge is 0.162 e. The second-order valence-corrected chi connectivity index (χ2v) is 4.23. The Balaban J connectivity index is 2.30. The van der Waals surface area contributed by atoms with Gasteiger partial charge in [-0.15, -0.1) is 0 Å². The van der Waals surface area contributed by atoms with E-state index in [0.717, 1.165) is 29.2 Å². The molecule has 70 valence electrons. The number of rotatable bonds is 0. The summed E-state index contributed by atoms with van der Waals surface area (Å²) in [6.45, 7) is 3.57. The largest absolute Gasteiger partial charge is 0.489 e. The van der Waals surface area contributed by atoms with Gasteiger partial charge >= 0.3 is 0 Å². The van der Waals surface area contributed by atoms with Crippen LogP contribution in [0, 0.1) is 5.92 Å². The van der Waals surface area contributed by atoms with Crippen molar-refractivity contribution in [3.05, 3.63) is 22.7 Å². The Labute approximate surface area is 86.0 Å². The Morgan fingerprint density at radius 3 is 2.69 bits per heavy atom. The van der Waals surface area contributed by atoms with Gasteiger partial charge in [-0.25, -0.2) is 0 Å². The summed E-state index contributed by atoms with van der Waals surface area (Å²) >= 11 is 3.40. The van der Waals surface area contributed by atoms with E-state index in [1.54, 1.807) is 0 Å². The minimum absolute atomic E-state index is 0.450. The highest BCUT2D eigenvalue weighted by molar-refractivity contribution is 9.10. The van der Waals surface area contributed by atoms with Gasteiger partial charge in [-0.2, -0.15) is 0 Å². The predicted octanol–water partition coefficient (Wildman–Crippen LogP) is 2.86. The molecule has 0 saturated carbocycles. The lowest BCUT2D eigenvalue weighted by atomic mass is 10.2. The van der Waals surface area contributed by atoms with Crippen LogP contribution in [0.2, 0.25) is 0 Å². The molecule has 0 aliphatic carbocycles. The van der Waals surface area contributed by atoms with E-state index in [0.29, 0.717) is 5.92 Å². The molecule has 1 aliphatic heterocycles. The lowest BCUT2D eigenvalue weighted by Crippen LogP contribution is -2.12. The molecule has 0 amide bonds. The molecular weight excluding hydrogens is 232 g/mol. The first-order valence-electron chi connectivity index (χ1n) is 4.31. The van der Waals surface area contributed by atoms with Gasteiger partial charge in [-0.3, -0.25) is 0 Å². The van der Waals surface area contributed by atoms with E-state index in [2.05, 4.69) is 22.9 Å². The highest BCUT2D eigenvalue weighted by Crippen LogP contribution is 2.32. The average molecular weight is 243 g/mol. The topological polar surface area (TPSA) is 18.5 Å². The Kier molecular flexibility index (Phi) is 2.44. The third kappa shape index (κ3) is 1.97. The monoisotopic (exact) mass is 242 g/mol. The van der Waals surface area contributed by atoms with Crippen LogP contribution in [0.3, 0.4) is 0 Å². The molecule has 0 N–H and O–H groups in total. The molecule has 1 aliphatic rings. The number of hydrogen-bond acceptors (Lipinski definition) is 2. The number of ether oxygens (including phenoxy) is 2. The molecule has 1 aromatic carbocycles. The van der Waals surface area contributed by atoms with Crippen LogP contribution in [0.25, 0.3) is 0 Å². The summed E-state index contributed by atoms with van der Waals surface area (Å²) < 4.78 is 12.2. The number of halogens is 1. The van der Waals surface area contributed by atoms with Gasteiger partial charge in [0, 0.05) is 10.4 Å². The van der Waals surface area contributed by atoms with E-state index in [-0.39, 0.29) is 0 Å². The number of benzene rings is 1. The fourth-order valence-corrected chi connectivity index (χ4v) is 1.57. The summed E-state index contributed by atoms with van der Waals surface area (Å²) in [6, 6.07) is 5.82. The van der Waals surface area contributed by atoms with Crippen LogP contribution in [0.5, 0.6) is 11.5 Å². The van der Waals surface area contributed by atoms with Crippen LogP contribution >= 0.6 is 15.9 Å². The lowest BCUT2D eigenvalue weighted by molar-refractivity contribution is 0.228. The average Bonchev–Trinajstić information content (AvgIpc) is 2.29. The number of fused-ring (bicyclic) bond motifs is 1. The van der Waals surface area contributed by atoms with Crippen molar-refractivity contribution in [1.29, 1.82) is 0 Å². The Hall–Kier alpha value is -0.700. The van der Waals surface area contributed by atoms with Crippen LogP contribution in [0.1, 0.15) is 6.92 Å². The normalized spacial score (nSPS) is 20.9.